The Labute approximate surface area is 168 Å². The summed E-state index contributed by atoms with van der Waals surface area (Å²) in [6, 6.07) is 15.1. The zero-order valence-corrected chi connectivity index (χ0v) is 16.5. The van der Waals surface area contributed by atoms with Gasteiger partial charge in [-0.1, -0.05) is 18.2 Å². The van der Waals surface area contributed by atoms with E-state index in [0.29, 0.717) is 23.6 Å². The number of hydrogen-bond donors (Lipinski definition) is 0. The van der Waals surface area contributed by atoms with Gasteiger partial charge < -0.3 is 9.64 Å². The van der Waals surface area contributed by atoms with Gasteiger partial charge in [-0.25, -0.2) is 9.97 Å². The van der Waals surface area contributed by atoms with Crippen LogP contribution in [0.4, 0.5) is 0 Å². The largest absolute Gasteiger partial charge is 0.497 e. The Hall–Kier alpha value is -3.74. The third-order valence-electron chi connectivity index (χ3n) is 4.75. The summed E-state index contributed by atoms with van der Waals surface area (Å²) in [6.07, 6.45) is 3.31. The quantitative estimate of drug-likeness (QED) is 0.525. The molecular weight excluding hydrogens is 366 g/mol. The van der Waals surface area contributed by atoms with Gasteiger partial charge in [0.1, 0.15) is 5.75 Å². The number of fused-ring (bicyclic) bond motifs is 1. The Morgan fingerprint density at radius 3 is 2.62 bits per heavy atom. The second-order valence-corrected chi connectivity index (χ2v) is 6.79. The van der Waals surface area contributed by atoms with Gasteiger partial charge in [0.25, 0.3) is 5.91 Å². The van der Waals surface area contributed by atoms with E-state index >= 15 is 0 Å². The highest BCUT2D eigenvalue weighted by Crippen LogP contribution is 2.21. The van der Waals surface area contributed by atoms with E-state index in [1.165, 1.54) is 0 Å². The van der Waals surface area contributed by atoms with E-state index < -0.39 is 0 Å². The van der Waals surface area contributed by atoms with Gasteiger partial charge in [0, 0.05) is 31.4 Å². The molecule has 1 aromatic carbocycles. The van der Waals surface area contributed by atoms with Crippen molar-refractivity contribution in [2.24, 2.45) is 0 Å². The molecule has 0 N–H and O–H groups in total. The van der Waals surface area contributed by atoms with E-state index in [0.717, 1.165) is 22.4 Å². The van der Waals surface area contributed by atoms with Crippen LogP contribution >= 0.6 is 0 Å². The normalized spacial score (nSPS) is 10.9. The molecule has 4 aromatic rings. The molecule has 4 rings (SSSR count). The molecule has 7 nitrogen and oxygen atoms in total. The molecule has 7 heteroatoms. The van der Waals surface area contributed by atoms with Crippen molar-refractivity contribution < 1.29 is 9.53 Å². The first-order chi connectivity index (χ1) is 14.1. The standard InChI is InChI=1S/C22H21N5O2/c1-15-19-12-17(13-24-21(19)27(25-15)20-6-4-5-11-23-20)22(28)26(2)14-16-7-9-18(29-3)10-8-16/h4-13H,14H2,1-3H3. The summed E-state index contributed by atoms with van der Waals surface area (Å²) in [4.78, 5) is 23.4. The predicted molar refractivity (Wildman–Crippen MR) is 110 cm³/mol. The van der Waals surface area contributed by atoms with E-state index in [1.54, 1.807) is 36.1 Å². The zero-order valence-electron chi connectivity index (χ0n) is 16.5. The van der Waals surface area contributed by atoms with Crippen LogP contribution in [0.1, 0.15) is 21.6 Å². The summed E-state index contributed by atoms with van der Waals surface area (Å²) in [5, 5.41) is 5.38. The first-order valence-electron chi connectivity index (χ1n) is 9.22. The first-order valence-corrected chi connectivity index (χ1v) is 9.22. The average Bonchev–Trinajstić information content (AvgIpc) is 3.10. The zero-order chi connectivity index (χ0) is 20.4. The number of amides is 1. The number of ether oxygens (including phenoxy) is 1. The lowest BCUT2D eigenvalue weighted by Gasteiger charge is -2.17. The number of hydrogen-bond acceptors (Lipinski definition) is 5. The maximum absolute atomic E-state index is 12.9. The second kappa shape index (κ2) is 7.71. The minimum atomic E-state index is -0.0970. The maximum Gasteiger partial charge on any atom is 0.255 e. The third kappa shape index (κ3) is 3.67. The molecule has 0 unspecified atom stereocenters. The average molecular weight is 387 g/mol. The van der Waals surface area contributed by atoms with Crippen LogP contribution in [0, 0.1) is 6.92 Å². The van der Waals surface area contributed by atoms with Gasteiger partial charge >= 0.3 is 0 Å². The van der Waals surface area contributed by atoms with Crippen LogP contribution < -0.4 is 4.74 Å². The smallest absolute Gasteiger partial charge is 0.255 e. The van der Waals surface area contributed by atoms with E-state index in [1.807, 2.05) is 55.5 Å². The second-order valence-electron chi connectivity index (χ2n) is 6.79. The molecule has 0 bridgehead atoms. The number of methoxy groups -OCH3 is 1. The van der Waals surface area contributed by atoms with Crippen molar-refractivity contribution in [1.29, 1.82) is 0 Å². The molecular formula is C22H21N5O2. The summed E-state index contributed by atoms with van der Waals surface area (Å²) < 4.78 is 6.87. The number of carbonyl (C=O) groups excluding carboxylic acids is 1. The summed E-state index contributed by atoms with van der Waals surface area (Å²) in [5.41, 5.74) is 3.02. The highest BCUT2D eigenvalue weighted by Gasteiger charge is 2.17. The Kier molecular flexibility index (Phi) is 4.95. The predicted octanol–water partition coefficient (Wildman–Crippen LogP) is 3.40. The van der Waals surface area contributed by atoms with Gasteiger partial charge in [0.2, 0.25) is 0 Å². The Balaban J connectivity index is 1.60. The van der Waals surface area contributed by atoms with Crippen LogP contribution in [0.3, 0.4) is 0 Å². The van der Waals surface area contributed by atoms with Crippen LogP contribution in [-0.2, 0) is 6.54 Å². The molecule has 3 heterocycles. The van der Waals surface area contributed by atoms with Crippen molar-refractivity contribution in [1.82, 2.24) is 24.6 Å². The number of rotatable bonds is 5. The lowest BCUT2D eigenvalue weighted by atomic mass is 10.1. The maximum atomic E-state index is 12.9. The van der Waals surface area contributed by atoms with Gasteiger partial charge in [0.05, 0.1) is 18.4 Å². The number of carbonyl (C=O) groups is 1. The summed E-state index contributed by atoms with van der Waals surface area (Å²) in [5.74, 6) is 1.38. The monoisotopic (exact) mass is 387 g/mol. The van der Waals surface area contributed by atoms with Crippen LogP contribution in [0.25, 0.3) is 16.9 Å². The van der Waals surface area contributed by atoms with Crippen molar-refractivity contribution in [3.05, 3.63) is 77.7 Å². The SMILES string of the molecule is COc1ccc(CN(C)C(=O)c2cnc3c(c2)c(C)nn3-c2ccccn2)cc1. The molecule has 0 atom stereocenters. The Morgan fingerprint density at radius 2 is 1.93 bits per heavy atom. The van der Waals surface area contributed by atoms with Gasteiger partial charge in [0.15, 0.2) is 11.5 Å². The Morgan fingerprint density at radius 1 is 1.14 bits per heavy atom. The van der Waals surface area contributed by atoms with Gasteiger partial charge in [-0.3, -0.25) is 4.79 Å². The first kappa shape index (κ1) is 18.6. The number of aryl methyl sites for hydroxylation is 1. The number of nitrogens with zero attached hydrogens (tertiary/aromatic N) is 5. The molecule has 1 amide bonds. The van der Waals surface area contributed by atoms with Crippen molar-refractivity contribution in [3.63, 3.8) is 0 Å². The van der Waals surface area contributed by atoms with Crippen molar-refractivity contribution >= 4 is 16.9 Å². The molecule has 0 aliphatic rings. The van der Waals surface area contributed by atoms with E-state index in [2.05, 4.69) is 15.1 Å². The number of benzene rings is 1. The fraction of sp³-hybridized carbons (Fsp3) is 0.182. The fourth-order valence-corrected chi connectivity index (χ4v) is 3.20. The Bertz CT molecular complexity index is 1150. The highest BCUT2D eigenvalue weighted by atomic mass is 16.5. The molecule has 146 valence electrons. The molecule has 0 aliphatic heterocycles. The molecule has 0 fully saturated rings. The molecule has 0 spiro atoms. The van der Waals surface area contributed by atoms with E-state index in [9.17, 15) is 4.79 Å². The van der Waals surface area contributed by atoms with Crippen molar-refractivity contribution in [2.45, 2.75) is 13.5 Å². The number of aromatic nitrogens is 4. The topological polar surface area (TPSA) is 73.1 Å². The van der Waals surface area contributed by atoms with Crippen LogP contribution in [0.2, 0.25) is 0 Å². The summed E-state index contributed by atoms with van der Waals surface area (Å²) >= 11 is 0. The van der Waals surface area contributed by atoms with E-state index in [4.69, 9.17) is 4.74 Å². The molecule has 0 aliphatic carbocycles. The molecule has 0 saturated carbocycles. The molecule has 3 aromatic heterocycles. The lowest BCUT2D eigenvalue weighted by Crippen LogP contribution is -2.26. The minimum absolute atomic E-state index is 0.0970. The van der Waals surface area contributed by atoms with Crippen molar-refractivity contribution in [3.8, 4) is 11.6 Å². The van der Waals surface area contributed by atoms with Gasteiger partial charge in [-0.05, 0) is 42.8 Å². The highest BCUT2D eigenvalue weighted by molar-refractivity contribution is 5.97. The molecule has 29 heavy (non-hydrogen) atoms. The van der Waals surface area contributed by atoms with Crippen LogP contribution in [0.15, 0.2) is 60.9 Å². The van der Waals surface area contributed by atoms with E-state index in [-0.39, 0.29) is 5.91 Å². The fourth-order valence-electron chi connectivity index (χ4n) is 3.20. The minimum Gasteiger partial charge on any atom is -0.497 e. The van der Waals surface area contributed by atoms with Crippen LogP contribution in [-0.4, -0.2) is 44.7 Å². The molecule has 0 saturated heterocycles. The summed E-state index contributed by atoms with van der Waals surface area (Å²) in [7, 11) is 3.41. The van der Waals surface area contributed by atoms with Crippen molar-refractivity contribution in [2.75, 3.05) is 14.2 Å². The van der Waals surface area contributed by atoms with Crippen LogP contribution in [0.5, 0.6) is 5.75 Å². The summed E-state index contributed by atoms with van der Waals surface area (Å²) in [6.45, 7) is 2.39. The third-order valence-corrected chi connectivity index (χ3v) is 4.75. The van der Waals surface area contributed by atoms with Gasteiger partial charge in [-0.15, -0.1) is 0 Å². The molecule has 0 radical (unpaired) electrons. The lowest BCUT2D eigenvalue weighted by molar-refractivity contribution is 0.0785. The van der Waals surface area contributed by atoms with Gasteiger partial charge in [-0.2, -0.15) is 9.78 Å². The number of pyridine rings is 2.